The number of carbonyl (C=O) groups is 1. The normalized spacial score (nSPS) is 36.0. The van der Waals surface area contributed by atoms with E-state index in [2.05, 4.69) is 29.3 Å². The van der Waals surface area contributed by atoms with Gasteiger partial charge in [0.25, 0.3) is 0 Å². The van der Waals surface area contributed by atoms with Gasteiger partial charge in [-0.05, 0) is 31.4 Å². The average molecular weight is 308 g/mol. The molecular formula is C19H20N2O2. The SMILES string of the molecule is C/C=C1\CN2CC[C@@]34C(=C(C=O)[C@@H]1C[C@@H]23)Nc1c(O)cccc14. The zero-order valence-electron chi connectivity index (χ0n) is 13.2. The first-order valence-corrected chi connectivity index (χ1v) is 8.39. The fraction of sp³-hybridized carbons (Fsp3) is 0.421. The maximum absolute atomic E-state index is 12.0. The van der Waals surface area contributed by atoms with Gasteiger partial charge in [-0.2, -0.15) is 0 Å². The van der Waals surface area contributed by atoms with Crippen LogP contribution in [0.15, 0.2) is 41.1 Å². The van der Waals surface area contributed by atoms with Crippen LogP contribution in [0.25, 0.3) is 0 Å². The summed E-state index contributed by atoms with van der Waals surface area (Å²) < 4.78 is 0. The highest BCUT2D eigenvalue weighted by Gasteiger charge is 2.61. The first kappa shape index (κ1) is 13.4. The summed E-state index contributed by atoms with van der Waals surface area (Å²) in [6.45, 7) is 4.08. The van der Waals surface area contributed by atoms with Crippen molar-refractivity contribution in [2.24, 2.45) is 5.92 Å². The molecule has 3 aliphatic heterocycles. The Morgan fingerprint density at radius 2 is 2.30 bits per heavy atom. The number of nitrogens with zero attached hydrogens (tertiary/aromatic N) is 1. The number of phenolic OH excluding ortho intramolecular Hbond substituents is 1. The van der Waals surface area contributed by atoms with E-state index in [4.69, 9.17) is 0 Å². The molecule has 2 bridgehead atoms. The molecule has 4 aliphatic rings. The molecule has 4 nitrogen and oxygen atoms in total. The maximum atomic E-state index is 12.0. The number of hydrogen-bond donors (Lipinski definition) is 2. The number of anilines is 1. The minimum atomic E-state index is -0.139. The lowest BCUT2D eigenvalue weighted by Crippen LogP contribution is -2.52. The zero-order valence-corrected chi connectivity index (χ0v) is 13.2. The molecule has 3 atom stereocenters. The van der Waals surface area contributed by atoms with Gasteiger partial charge in [0.05, 0.1) is 11.1 Å². The van der Waals surface area contributed by atoms with Crippen molar-refractivity contribution < 1.29 is 9.90 Å². The number of benzene rings is 1. The molecule has 5 rings (SSSR count). The monoisotopic (exact) mass is 308 g/mol. The summed E-state index contributed by atoms with van der Waals surface area (Å²) in [6.07, 6.45) is 5.24. The second-order valence-electron chi connectivity index (χ2n) is 7.13. The molecule has 2 saturated heterocycles. The van der Waals surface area contributed by atoms with Gasteiger partial charge in [0.15, 0.2) is 0 Å². The smallest absolute Gasteiger partial charge is 0.148 e. The van der Waals surface area contributed by atoms with Crippen LogP contribution in [-0.4, -0.2) is 35.4 Å². The van der Waals surface area contributed by atoms with Crippen LogP contribution in [-0.2, 0) is 10.2 Å². The predicted octanol–water partition coefficient (Wildman–Crippen LogP) is 2.56. The van der Waals surface area contributed by atoms with Crippen LogP contribution in [0.1, 0.15) is 25.3 Å². The molecule has 1 aromatic carbocycles. The molecule has 1 aliphatic carbocycles. The molecule has 1 spiro atoms. The Hall–Kier alpha value is -2.07. The predicted molar refractivity (Wildman–Crippen MR) is 88.3 cm³/mol. The van der Waals surface area contributed by atoms with Gasteiger partial charge in [-0.25, -0.2) is 0 Å². The second kappa shape index (κ2) is 4.26. The van der Waals surface area contributed by atoms with Crippen LogP contribution >= 0.6 is 0 Å². The van der Waals surface area contributed by atoms with Crippen molar-refractivity contribution in [1.82, 2.24) is 4.90 Å². The lowest BCUT2D eigenvalue weighted by Gasteiger charge is -2.48. The molecule has 4 heteroatoms. The topological polar surface area (TPSA) is 52.6 Å². The Labute approximate surface area is 135 Å². The zero-order chi connectivity index (χ0) is 15.8. The molecular weight excluding hydrogens is 288 g/mol. The molecule has 2 N–H and O–H groups in total. The van der Waals surface area contributed by atoms with E-state index in [1.807, 2.05) is 6.07 Å². The molecule has 0 radical (unpaired) electrons. The number of para-hydroxylation sites is 1. The highest BCUT2D eigenvalue weighted by Crippen LogP contribution is 2.61. The molecule has 23 heavy (non-hydrogen) atoms. The van der Waals surface area contributed by atoms with Gasteiger partial charge in [-0.15, -0.1) is 0 Å². The number of aldehydes is 1. The number of allylic oxidation sites excluding steroid dienone is 2. The number of fused-ring (bicyclic) bond motifs is 2. The summed E-state index contributed by atoms with van der Waals surface area (Å²) >= 11 is 0. The first-order valence-electron chi connectivity index (χ1n) is 8.39. The summed E-state index contributed by atoms with van der Waals surface area (Å²) in [5.41, 5.74) is 5.13. The summed E-state index contributed by atoms with van der Waals surface area (Å²) in [5, 5.41) is 13.7. The second-order valence-corrected chi connectivity index (χ2v) is 7.13. The van der Waals surface area contributed by atoms with Gasteiger partial charge in [-0.1, -0.05) is 23.8 Å². The average Bonchev–Trinajstić information content (AvgIpc) is 3.12. The fourth-order valence-electron chi connectivity index (χ4n) is 5.50. The minimum Gasteiger partial charge on any atom is -0.506 e. The van der Waals surface area contributed by atoms with Crippen LogP contribution in [0.2, 0.25) is 0 Å². The Kier molecular flexibility index (Phi) is 2.48. The molecule has 0 unspecified atom stereocenters. The fourth-order valence-corrected chi connectivity index (χ4v) is 5.50. The quantitative estimate of drug-likeness (QED) is 0.476. The Bertz CT molecular complexity index is 795. The van der Waals surface area contributed by atoms with Crippen LogP contribution in [0.4, 0.5) is 5.69 Å². The van der Waals surface area contributed by atoms with E-state index in [1.165, 1.54) is 11.1 Å². The number of phenols is 1. The van der Waals surface area contributed by atoms with Crippen molar-refractivity contribution in [2.45, 2.75) is 31.2 Å². The maximum Gasteiger partial charge on any atom is 0.148 e. The van der Waals surface area contributed by atoms with E-state index in [9.17, 15) is 9.90 Å². The lowest BCUT2D eigenvalue weighted by molar-refractivity contribution is -0.105. The standard InChI is InChI=1S/C19H20N2O2/c1-2-11-9-21-7-6-19-14-4-3-5-15(23)17(14)20-18(19)13(10-22)12(11)8-16(19)21/h2-5,10,12,16,20,23H,6-9H2,1H3/b11-2+/t12-,16-,19+/m1/s1. The van der Waals surface area contributed by atoms with Crippen molar-refractivity contribution in [2.75, 3.05) is 18.4 Å². The third-order valence-corrected chi connectivity index (χ3v) is 6.48. The van der Waals surface area contributed by atoms with Crippen molar-refractivity contribution in [3.63, 3.8) is 0 Å². The highest BCUT2D eigenvalue weighted by atomic mass is 16.3. The van der Waals surface area contributed by atoms with E-state index in [1.54, 1.807) is 6.07 Å². The van der Waals surface area contributed by atoms with E-state index in [0.29, 0.717) is 6.04 Å². The summed E-state index contributed by atoms with van der Waals surface area (Å²) in [4.78, 5) is 14.5. The van der Waals surface area contributed by atoms with E-state index in [0.717, 1.165) is 49.2 Å². The van der Waals surface area contributed by atoms with Gasteiger partial charge in [0.2, 0.25) is 0 Å². The van der Waals surface area contributed by atoms with Gasteiger partial charge < -0.3 is 10.4 Å². The summed E-state index contributed by atoms with van der Waals surface area (Å²) in [7, 11) is 0. The Balaban J connectivity index is 1.84. The number of nitrogens with one attached hydrogen (secondary N) is 1. The third-order valence-electron chi connectivity index (χ3n) is 6.48. The summed E-state index contributed by atoms with van der Waals surface area (Å²) in [6, 6.07) is 6.18. The highest BCUT2D eigenvalue weighted by molar-refractivity contribution is 5.86. The van der Waals surface area contributed by atoms with E-state index >= 15 is 0 Å². The lowest BCUT2D eigenvalue weighted by atomic mass is 9.62. The molecule has 0 aromatic heterocycles. The molecule has 0 saturated carbocycles. The number of rotatable bonds is 1. The third kappa shape index (κ3) is 1.39. The number of hydrogen-bond acceptors (Lipinski definition) is 4. The molecule has 1 aromatic rings. The van der Waals surface area contributed by atoms with Crippen LogP contribution in [0.5, 0.6) is 5.75 Å². The largest absolute Gasteiger partial charge is 0.506 e. The van der Waals surface area contributed by atoms with E-state index < -0.39 is 0 Å². The molecule has 3 heterocycles. The van der Waals surface area contributed by atoms with Crippen LogP contribution < -0.4 is 5.32 Å². The number of piperidine rings is 1. The van der Waals surface area contributed by atoms with Crippen molar-refractivity contribution in [3.8, 4) is 5.75 Å². The Morgan fingerprint density at radius 3 is 3.09 bits per heavy atom. The van der Waals surface area contributed by atoms with Crippen LogP contribution in [0.3, 0.4) is 0 Å². The van der Waals surface area contributed by atoms with Gasteiger partial charge in [-0.3, -0.25) is 9.69 Å². The summed E-state index contributed by atoms with van der Waals surface area (Å²) in [5.74, 6) is 0.507. The Morgan fingerprint density at radius 1 is 1.43 bits per heavy atom. The van der Waals surface area contributed by atoms with Crippen LogP contribution in [0, 0.1) is 5.92 Å². The molecule has 0 amide bonds. The number of carbonyl (C=O) groups excluding carboxylic acids is 1. The van der Waals surface area contributed by atoms with Crippen molar-refractivity contribution in [1.29, 1.82) is 0 Å². The van der Waals surface area contributed by atoms with Gasteiger partial charge in [0, 0.05) is 36.3 Å². The first-order chi connectivity index (χ1) is 11.2. The van der Waals surface area contributed by atoms with E-state index in [-0.39, 0.29) is 17.1 Å². The minimum absolute atomic E-state index is 0.139. The van der Waals surface area contributed by atoms with Gasteiger partial charge >= 0.3 is 0 Å². The number of aromatic hydroxyl groups is 1. The van der Waals surface area contributed by atoms with Crippen molar-refractivity contribution in [3.05, 3.63) is 46.7 Å². The van der Waals surface area contributed by atoms with Crippen molar-refractivity contribution >= 4 is 12.0 Å². The van der Waals surface area contributed by atoms with Gasteiger partial charge in [0.1, 0.15) is 12.0 Å². The molecule has 2 fully saturated rings. The molecule has 118 valence electrons.